The second-order valence-electron chi connectivity index (χ2n) is 9.64. The van der Waals surface area contributed by atoms with Crippen molar-refractivity contribution in [3.05, 3.63) is 0 Å². The molecule has 0 aliphatic carbocycles. The number of hydrogen-bond donors (Lipinski definition) is 2. The van der Waals surface area contributed by atoms with Crippen molar-refractivity contribution < 1.29 is 19.4 Å². The summed E-state index contributed by atoms with van der Waals surface area (Å²) in [6.45, 7) is 13.3. The number of carbonyl (C=O) groups is 2. The number of esters is 1. The number of carboxylic acid groups (broad SMARTS) is 1. The van der Waals surface area contributed by atoms with Gasteiger partial charge in [0, 0.05) is 35.8 Å². The zero-order valence-electron chi connectivity index (χ0n) is 19.0. The van der Waals surface area contributed by atoms with E-state index in [2.05, 4.69) is 46.9 Å². The highest BCUT2D eigenvalue weighted by molar-refractivity contribution is 5.69. The molecular formula is C23H43NO4. The molecule has 1 fully saturated rings. The van der Waals surface area contributed by atoms with Crippen molar-refractivity contribution in [2.45, 2.75) is 129 Å². The largest absolute Gasteiger partial charge is 0.481 e. The molecule has 0 saturated carbocycles. The third kappa shape index (κ3) is 6.75. The maximum atomic E-state index is 12.5. The van der Waals surface area contributed by atoms with E-state index in [1.807, 2.05) is 0 Å². The van der Waals surface area contributed by atoms with Crippen molar-refractivity contribution in [3.8, 4) is 0 Å². The molecule has 0 aromatic carbocycles. The van der Waals surface area contributed by atoms with E-state index in [-0.39, 0.29) is 35.0 Å². The van der Waals surface area contributed by atoms with Gasteiger partial charge in [0.2, 0.25) is 0 Å². The van der Waals surface area contributed by atoms with Crippen LogP contribution in [-0.2, 0) is 14.3 Å². The number of ether oxygens (including phenoxy) is 1. The first-order valence-electron chi connectivity index (χ1n) is 11.2. The van der Waals surface area contributed by atoms with Gasteiger partial charge in [0.25, 0.3) is 0 Å². The number of nitrogens with one attached hydrogen (secondary N) is 1. The Bertz CT molecular complexity index is 519. The highest BCUT2D eigenvalue weighted by Crippen LogP contribution is 2.47. The fraction of sp³-hybridized carbons (Fsp3) is 0.913. The van der Waals surface area contributed by atoms with Crippen LogP contribution in [0.25, 0.3) is 0 Å². The van der Waals surface area contributed by atoms with Gasteiger partial charge in [-0.1, -0.05) is 53.4 Å². The standard InChI is InChI=1S/C23H43NO4/c1-7-22(5)17-18(21(3,4)23(6,8-2)24-22)28-20(27)16-14-12-10-9-11-13-15-19(25)26/h18,24H,7-17H2,1-6H3,(H,25,26). The third-order valence-electron chi connectivity index (χ3n) is 7.22. The first-order valence-corrected chi connectivity index (χ1v) is 11.2. The zero-order chi connectivity index (χ0) is 21.4. The van der Waals surface area contributed by atoms with E-state index in [1.54, 1.807) is 0 Å². The second kappa shape index (κ2) is 10.6. The van der Waals surface area contributed by atoms with Crippen LogP contribution >= 0.6 is 0 Å². The van der Waals surface area contributed by atoms with Gasteiger partial charge in [-0.2, -0.15) is 0 Å². The average Bonchev–Trinajstić information content (AvgIpc) is 2.61. The van der Waals surface area contributed by atoms with E-state index in [9.17, 15) is 9.59 Å². The monoisotopic (exact) mass is 397 g/mol. The summed E-state index contributed by atoms with van der Waals surface area (Å²) in [5.41, 5.74) is -0.214. The van der Waals surface area contributed by atoms with Gasteiger partial charge in [0.05, 0.1) is 0 Å². The number of unbranched alkanes of at least 4 members (excludes halogenated alkanes) is 5. The Kier molecular flexibility index (Phi) is 9.45. The summed E-state index contributed by atoms with van der Waals surface area (Å²) in [6, 6.07) is 0. The molecule has 0 radical (unpaired) electrons. The van der Waals surface area contributed by atoms with E-state index in [0.717, 1.165) is 57.8 Å². The fourth-order valence-corrected chi connectivity index (χ4v) is 4.33. The zero-order valence-corrected chi connectivity index (χ0v) is 19.0. The fourth-order valence-electron chi connectivity index (χ4n) is 4.33. The molecular weight excluding hydrogens is 354 g/mol. The van der Waals surface area contributed by atoms with Crippen LogP contribution < -0.4 is 5.32 Å². The lowest BCUT2D eigenvalue weighted by molar-refractivity contribution is -0.169. The van der Waals surface area contributed by atoms with E-state index in [4.69, 9.17) is 9.84 Å². The van der Waals surface area contributed by atoms with Crippen molar-refractivity contribution in [3.63, 3.8) is 0 Å². The molecule has 1 saturated heterocycles. The molecule has 3 atom stereocenters. The van der Waals surface area contributed by atoms with E-state index in [0.29, 0.717) is 6.42 Å². The Balaban J connectivity index is 2.45. The van der Waals surface area contributed by atoms with Gasteiger partial charge in [0.1, 0.15) is 6.10 Å². The maximum Gasteiger partial charge on any atom is 0.306 e. The molecule has 0 amide bonds. The number of rotatable bonds is 12. The van der Waals surface area contributed by atoms with Gasteiger partial charge in [0.15, 0.2) is 0 Å². The van der Waals surface area contributed by atoms with Gasteiger partial charge in [-0.05, 0) is 39.5 Å². The lowest BCUT2D eigenvalue weighted by Gasteiger charge is -2.58. The highest BCUT2D eigenvalue weighted by atomic mass is 16.5. The molecule has 0 bridgehead atoms. The van der Waals surface area contributed by atoms with Gasteiger partial charge in [-0.25, -0.2) is 0 Å². The Morgan fingerprint density at radius 3 is 1.96 bits per heavy atom. The molecule has 164 valence electrons. The Labute approximate surface area is 172 Å². The minimum Gasteiger partial charge on any atom is -0.481 e. The Hall–Kier alpha value is -1.10. The summed E-state index contributed by atoms with van der Waals surface area (Å²) >= 11 is 0. The summed E-state index contributed by atoms with van der Waals surface area (Å²) in [5, 5.41) is 12.5. The summed E-state index contributed by atoms with van der Waals surface area (Å²) in [4.78, 5) is 23.0. The van der Waals surface area contributed by atoms with Crippen molar-refractivity contribution in [2.24, 2.45) is 5.41 Å². The molecule has 5 heteroatoms. The van der Waals surface area contributed by atoms with Crippen molar-refractivity contribution in [1.82, 2.24) is 5.32 Å². The SMILES string of the molecule is CCC1(C)CC(OC(=O)CCCCCCCCC(=O)O)C(C)(C)C(C)(CC)N1. The molecule has 1 aliphatic heterocycles. The summed E-state index contributed by atoms with van der Waals surface area (Å²) in [6.07, 6.45) is 9.12. The topological polar surface area (TPSA) is 75.6 Å². The number of carbonyl (C=O) groups excluding carboxylic acids is 1. The van der Waals surface area contributed by atoms with Gasteiger partial charge < -0.3 is 15.2 Å². The van der Waals surface area contributed by atoms with Gasteiger partial charge in [-0.15, -0.1) is 0 Å². The minimum absolute atomic E-state index is 0.0127. The maximum absolute atomic E-state index is 12.5. The van der Waals surface area contributed by atoms with Gasteiger partial charge in [-0.3, -0.25) is 9.59 Å². The summed E-state index contributed by atoms with van der Waals surface area (Å²) in [7, 11) is 0. The molecule has 0 aromatic rings. The Morgan fingerprint density at radius 2 is 1.46 bits per heavy atom. The number of carboxylic acids is 1. The molecule has 2 N–H and O–H groups in total. The summed E-state index contributed by atoms with van der Waals surface area (Å²) < 4.78 is 6.03. The molecule has 5 nitrogen and oxygen atoms in total. The van der Waals surface area contributed by atoms with Crippen LogP contribution in [0.3, 0.4) is 0 Å². The first-order chi connectivity index (χ1) is 13.0. The average molecular weight is 398 g/mol. The molecule has 0 spiro atoms. The summed E-state index contributed by atoms with van der Waals surface area (Å²) in [5.74, 6) is -0.801. The van der Waals surface area contributed by atoms with E-state index >= 15 is 0 Å². The lowest BCUT2D eigenvalue weighted by Crippen LogP contribution is -2.70. The van der Waals surface area contributed by atoms with Crippen molar-refractivity contribution >= 4 is 11.9 Å². The Morgan fingerprint density at radius 1 is 0.929 bits per heavy atom. The van der Waals surface area contributed by atoms with Crippen LogP contribution in [0.1, 0.15) is 112 Å². The number of piperidine rings is 1. The van der Waals surface area contributed by atoms with Crippen molar-refractivity contribution in [1.29, 1.82) is 0 Å². The molecule has 28 heavy (non-hydrogen) atoms. The number of aliphatic carboxylic acids is 1. The molecule has 1 heterocycles. The quantitative estimate of drug-likeness (QED) is 0.338. The van der Waals surface area contributed by atoms with Crippen LogP contribution in [0.2, 0.25) is 0 Å². The smallest absolute Gasteiger partial charge is 0.306 e. The highest BCUT2D eigenvalue weighted by Gasteiger charge is 2.55. The van der Waals surface area contributed by atoms with Crippen LogP contribution in [-0.4, -0.2) is 34.2 Å². The predicted octanol–water partition coefficient (Wildman–Crippen LogP) is 5.46. The molecule has 1 rings (SSSR count). The molecule has 0 aromatic heterocycles. The van der Waals surface area contributed by atoms with Crippen LogP contribution in [0.5, 0.6) is 0 Å². The van der Waals surface area contributed by atoms with Crippen LogP contribution in [0.15, 0.2) is 0 Å². The van der Waals surface area contributed by atoms with Crippen LogP contribution in [0.4, 0.5) is 0 Å². The van der Waals surface area contributed by atoms with E-state index < -0.39 is 5.97 Å². The predicted molar refractivity (Wildman–Crippen MR) is 113 cm³/mol. The first kappa shape index (κ1) is 24.9. The van der Waals surface area contributed by atoms with E-state index in [1.165, 1.54) is 0 Å². The minimum atomic E-state index is -0.720. The second-order valence-corrected chi connectivity index (χ2v) is 9.64. The molecule has 1 aliphatic rings. The molecule has 3 unspecified atom stereocenters. The third-order valence-corrected chi connectivity index (χ3v) is 7.22. The number of hydrogen-bond acceptors (Lipinski definition) is 4. The van der Waals surface area contributed by atoms with Crippen molar-refractivity contribution in [2.75, 3.05) is 0 Å². The van der Waals surface area contributed by atoms with Crippen LogP contribution in [0, 0.1) is 5.41 Å². The lowest BCUT2D eigenvalue weighted by atomic mass is 9.61. The normalized spacial score (nSPS) is 29.4. The van der Waals surface area contributed by atoms with Gasteiger partial charge >= 0.3 is 11.9 Å².